The maximum Gasteiger partial charge on any atom is 0.414 e. The fourth-order valence-electron chi connectivity index (χ4n) is 4.14. The van der Waals surface area contributed by atoms with E-state index in [-0.39, 0.29) is 38.9 Å². The summed E-state index contributed by atoms with van der Waals surface area (Å²) in [5.41, 5.74) is 0.327. The third kappa shape index (κ3) is 12.8. The predicted octanol–water partition coefficient (Wildman–Crippen LogP) is 7.16. The number of Topliss-reactive ketones (excluding diaryl/α,β-unsaturated/α-hetero) is 2. The van der Waals surface area contributed by atoms with E-state index in [0.717, 1.165) is 0 Å². The lowest BCUT2D eigenvalue weighted by atomic mass is 10.00. The Bertz CT molecular complexity index is 1780. The fraction of sp³-hybridized carbons (Fsp3) is 0.211. The van der Waals surface area contributed by atoms with E-state index in [0.29, 0.717) is 5.56 Å². The van der Waals surface area contributed by atoms with Crippen molar-refractivity contribution in [1.82, 2.24) is 0 Å². The van der Waals surface area contributed by atoms with E-state index in [1.54, 1.807) is 66.7 Å². The van der Waals surface area contributed by atoms with Crippen LogP contribution in [0.25, 0.3) is 0 Å². The van der Waals surface area contributed by atoms with Gasteiger partial charge in [-0.15, -0.1) is 0 Å². The lowest BCUT2D eigenvalue weighted by molar-refractivity contribution is -0.202. The molecular weight excluding hydrogens is 670 g/mol. The standard InChI is InChI=1S/C16H14O3S.C12H11F3O2.C10H16OSi/c1-13(16(17)14-8-4-2-5-9-14)12-20(18,19)15-10-6-3-7-11-15;1-8(7-10(16)12(13,14)15)11(17)9-5-3-2-4-6-9;1-9(11)12(2,3)10-7-5-4-6-8-10/h2-11H,1,12H2;2-6,10,16H,1,7H2;4-9,11H,1-3H3. The lowest BCUT2D eigenvalue weighted by Crippen LogP contribution is -2.51. The average molecular weight is 711 g/mol. The molecule has 0 aliphatic heterocycles. The second-order valence-electron chi connectivity index (χ2n) is 11.7. The first-order valence-electron chi connectivity index (χ1n) is 15.2. The molecule has 0 fully saturated rings. The summed E-state index contributed by atoms with van der Waals surface area (Å²) in [4.78, 5) is 23.9. The van der Waals surface area contributed by atoms with Crippen LogP contribution in [0.1, 0.15) is 34.1 Å². The molecule has 0 amide bonds. The van der Waals surface area contributed by atoms with Gasteiger partial charge in [0.25, 0.3) is 0 Å². The molecule has 260 valence electrons. The molecule has 0 aromatic heterocycles. The van der Waals surface area contributed by atoms with Crippen molar-refractivity contribution in [3.8, 4) is 0 Å². The molecule has 2 unspecified atom stereocenters. The van der Waals surface area contributed by atoms with Crippen molar-refractivity contribution in [3.05, 3.63) is 157 Å². The Labute approximate surface area is 287 Å². The van der Waals surface area contributed by atoms with Crippen LogP contribution in [0.5, 0.6) is 0 Å². The number of carbonyl (C=O) groups is 2. The van der Waals surface area contributed by atoms with Crippen molar-refractivity contribution in [2.45, 2.75) is 49.3 Å². The summed E-state index contributed by atoms with van der Waals surface area (Å²) in [6.07, 6.45) is -8.10. The molecule has 0 aliphatic rings. The topological polar surface area (TPSA) is 109 Å². The van der Waals surface area contributed by atoms with Gasteiger partial charge in [0.05, 0.1) is 10.6 Å². The van der Waals surface area contributed by atoms with Gasteiger partial charge in [0.1, 0.15) is 8.07 Å². The molecule has 0 spiro atoms. The van der Waals surface area contributed by atoms with E-state index in [1.807, 2.05) is 25.1 Å². The summed E-state index contributed by atoms with van der Waals surface area (Å²) in [6, 6.07) is 34.7. The van der Waals surface area contributed by atoms with Crippen LogP contribution in [0.4, 0.5) is 13.2 Å². The zero-order valence-corrected chi connectivity index (χ0v) is 29.4. The molecule has 4 rings (SSSR count). The molecule has 0 radical (unpaired) electrons. The van der Waals surface area contributed by atoms with Gasteiger partial charge in [-0.25, -0.2) is 8.42 Å². The number of sulfone groups is 1. The Morgan fingerprint density at radius 3 is 1.45 bits per heavy atom. The van der Waals surface area contributed by atoms with Gasteiger partial charge < -0.3 is 10.2 Å². The summed E-state index contributed by atoms with van der Waals surface area (Å²) in [5.74, 6) is -1.30. The number of alkyl halides is 3. The highest BCUT2D eigenvalue weighted by Gasteiger charge is 2.39. The lowest BCUT2D eigenvalue weighted by Gasteiger charge is -2.25. The molecule has 4 aromatic rings. The van der Waals surface area contributed by atoms with E-state index >= 15 is 0 Å². The third-order valence-corrected chi connectivity index (χ3v) is 13.2. The van der Waals surface area contributed by atoms with E-state index in [2.05, 4.69) is 38.4 Å². The van der Waals surface area contributed by atoms with Crippen LogP contribution in [0.2, 0.25) is 13.1 Å². The molecule has 0 saturated heterocycles. The second-order valence-corrected chi connectivity index (χ2v) is 18.5. The van der Waals surface area contributed by atoms with Gasteiger partial charge in [0, 0.05) is 28.8 Å². The van der Waals surface area contributed by atoms with Crippen LogP contribution in [-0.4, -0.2) is 62.0 Å². The number of hydrogen-bond acceptors (Lipinski definition) is 6. The Hall–Kier alpha value is -4.42. The first-order valence-corrected chi connectivity index (χ1v) is 19.9. The summed E-state index contributed by atoms with van der Waals surface area (Å²) in [7, 11) is -5.13. The highest BCUT2D eigenvalue weighted by molar-refractivity contribution is 7.91. The molecule has 49 heavy (non-hydrogen) atoms. The SMILES string of the molecule is C=C(CC(O)C(F)(F)F)C(=O)c1ccccc1.C=C(CS(=O)(=O)c1ccccc1)C(=O)c1ccccc1.CC(O)[Si](C)(C)c1ccccc1. The van der Waals surface area contributed by atoms with Crippen molar-refractivity contribution in [2.24, 2.45) is 0 Å². The van der Waals surface area contributed by atoms with E-state index in [4.69, 9.17) is 5.11 Å². The zero-order chi connectivity index (χ0) is 36.8. The average Bonchev–Trinajstić information content (AvgIpc) is 3.09. The summed E-state index contributed by atoms with van der Waals surface area (Å²) < 4.78 is 60.5. The van der Waals surface area contributed by atoms with Crippen LogP contribution in [0.3, 0.4) is 0 Å². The van der Waals surface area contributed by atoms with E-state index < -0.39 is 42.4 Å². The van der Waals surface area contributed by atoms with E-state index in [9.17, 15) is 36.3 Å². The van der Waals surface area contributed by atoms with Gasteiger partial charge >= 0.3 is 6.18 Å². The summed E-state index contributed by atoms with van der Waals surface area (Å²) >= 11 is 0. The van der Waals surface area contributed by atoms with Crippen molar-refractivity contribution >= 4 is 34.7 Å². The molecule has 6 nitrogen and oxygen atoms in total. The molecule has 0 saturated carbocycles. The Kier molecular flexibility index (Phi) is 15.3. The van der Waals surface area contributed by atoms with Gasteiger partial charge in [-0.3, -0.25) is 9.59 Å². The maximum absolute atomic E-state index is 12.2. The van der Waals surface area contributed by atoms with Crippen LogP contribution < -0.4 is 5.19 Å². The zero-order valence-electron chi connectivity index (χ0n) is 27.6. The fourth-order valence-corrected chi connectivity index (χ4v) is 7.01. The van der Waals surface area contributed by atoms with Crippen LogP contribution in [0, 0.1) is 0 Å². The number of hydrogen-bond donors (Lipinski definition) is 2. The monoisotopic (exact) mass is 710 g/mol. The normalized spacial score (nSPS) is 12.6. The minimum absolute atomic E-state index is 0.0695. The first-order chi connectivity index (χ1) is 22.9. The van der Waals surface area contributed by atoms with Crippen molar-refractivity contribution < 1.29 is 41.4 Å². The summed E-state index contributed by atoms with van der Waals surface area (Å²) in [6.45, 7) is 13.2. The quantitative estimate of drug-likeness (QED) is 0.0972. The maximum atomic E-state index is 12.2. The van der Waals surface area contributed by atoms with Crippen molar-refractivity contribution in [1.29, 1.82) is 0 Å². The molecule has 0 heterocycles. The molecule has 0 aliphatic carbocycles. The Balaban J connectivity index is 0.000000263. The molecular formula is C38H41F3O6SSi. The van der Waals surface area contributed by atoms with Gasteiger partial charge in [0.2, 0.25) is 0 Å². The van der Waals surface area contributed by atoms with Crippen molar-refractivity contribution in [3.63, 3.8) is 0 Å². The molecule has 11 heteroatoms. The molecule has 2 atom stereocenters. The largest absolute Gasteiger partial charge is 0.414 e. The van der Waals surface area contributed by atoms with E-state index in [1.165, 1.54) is 29.5 Å². The van der Waals surface area contributed by atoms with Gasteiger partial charge in [-0.05, 0) is 24.6 Å². The smallest absolute Gasteiger partial charge is 0.396 e. The summed E-state index contributed by atoms with van der Waals surface area (Å²) in [5, 5.41) is 19.7. The van der Waals surface area contributed by atoms with Gasteiger partial charge in [0.15, 0.2) is 27.5 Å². The molecule has 2 N–H and O–H groups in total. The highest BCUT2D eigenvalue weighted by atomic mass is 32.2. The number of benzene rings is 4. The number of aliphatic hydroxyl groups excluding tert-OH is 2. The minimum atomic E-state index is -4.74. The third-order valence-electron chi connectivity index (χ3n) is 7.56. The Morgan fingerprint density at radius 1 is 0.694 bits per heavy atom. The Morgan fingerprint density at radius 2 is 1.06 bits per heavy atom. The minimum Gasteiger partial charge on any atom is -0.396 e. The highest BCUT2D eigenvalue weighted by Crippen LogP contribution is 2.25. The molecule has 0 bridgehead atoms. The van der Waals surface area contributed by atoms with Crippen LogP contribution in [-0.2, 0) is 9.84 Å². The van der Waals surface area contributed by atoms with Crippen LogP contribution >= 0.6 is 0 Å². The predicted molar refractivity (Wildman–Crippen MR) is 190 cm³/mol. The van der Waals surface area contributed by atoms with Crippen molar-refractivity contribution in [2.75, 3.05) is 5.75 Å². The number of ketones is 2. The first kappa shape index (κ1) is 40.8. The molecule has 4 aromatic carbocycles. The number of halogens is 3. The van der Waals surface area contributed by atoms with Gasteiger partial charge in [-0.1, -0.05) is 141 Å². The number of rotatable bonds is 11. The van der Waals surface area contributed by atoms with Crippen LogP contribution in [0.15, 0.2) is 151 Å². The second kappa shape index (κ2) is 18.4. The number of carbonyl (C=O) groups excluding carboxylic acids is 2. The van der Waals surface area contributed by atoms with Gasteiger partial charge in [-0.2, -0.15) is 13.2 Å². The number of aliphatic hydroxyl groups is 2.